The van der Waals surface area contributed by atoms with Gasteiger partial charge in [-0.05, 0) is 23.3 Å². The van der Waals surface area contributed by atoms with Crippen LogP contribution in [0.2, 0.25) is 0 Å². The van der Waals surface area contributed by atoms with E-state index in [1.165, 1.54) is 0 Å². The van der Waals surface area contributed by atoms with Crippen molar-refractivity contribution < 1.29 is 0 Å². The first-order valence-corrected chi connectivity index (χ1v) is 6.22. The highest BCUT2D eigenvalue weighted by atomic mass is 79.9. The van der Waals surface area contributed by atoms with Crippen LogP contribution in [0.25, 0.3) is 11.4 Å². The molecule has 2 aromatic heterocycles. The summed E-state index contributed by atoms with van der Waals surface area (Å²) in [5.41, 5.74) is 3.99. The first-order valence-electron chi connectivity index (χ1n) is 4.95. The molecule has 17 heavy (non-hydrogen) atoms. The smallest absolute Gasteiger partial charge is 0.0886 e. The molecule has 0 aromatic carbocycles. The van der Waals surface area contributed by atoms with Gasteiger partial charge < -0.3 is 0 Å². The molecule has 0 atom stereocenters. The van der Waals surface area contributed by atoms with Crippen LogP contribution in [0.4, 0.5) is 0 Å². The molecule has 2 rings (SSSR count). The summed E-state index contributed by atoms with van der Waals surface area (Å²) in [6, 6.07) is 7.97. The predicted octanol–water partition coefficient (Wildman–Crippen LogP) is 3.58. The van der Waals surface area contributed by atoms with E-state index in [9.17, 15) is 0 Å². The van der Waals surface area contributed by atoms with Crippen LogP contribution in [0, 0.1) is 0 Å². The van der Waals surface area contributed by atoms with Crippen LogP contribution in [-0.2, 0) is 11.5 Å². The minimum atomic E-state index is 0. The second kappa shape index (κ2) is 7.03. The maximum absolute atomic E-state index is 4.34. The van der Waals surface area contributed by atoms with Gasteiger partial charge in [0.25, 0.3) is 0 Å². The minimum absolute atomic E-state index is 0. The van der Waals surface area contributed by atoms with Crippen molar-refractivity contribution >= 4 is 42.2 Å². The Morgan fingerprint density at radius 1 is 0.765 bits per heavy atom. The minimum Gasteiger partial charge on any atom is -0.254 e. The Morgan fingerprint density at radius 2 is 1.18 bits per heavy atom. The van der Waals surface area contributed by atoms with Gasteiger partial charge in [-0.25, -0.2) is 0 Å². The van der Waals surface area contributed by atoms with E-state index in [4.69, 9.17) is 0 Å². The number of halogens is 1. The highest BCUT2D eigenvalue weighted by Crippen LogP contribution is 2.15. The number of rotatable bonds is 3. The molecule has 0 radical (unpaired) electrons. The van der Waals surface area contributed by atoms with E-state index in [1.807, 2.05) is 36.7 Å². The Labute approximate surface area is 122 Å². The molecular formula is C12H13BrN2S2. The first kappa shape index (κ1) is 14.5. The average Bonchev–Trinajstić information content (AvgIpc) is 2.39. The Kier molecular flexibility index (Phi) is 6.02. The van der Waals surface area contributed by atoms with E-state index in [2.05, 4.69) is 35.2 Å². The molecule has 2 nitrogen and oxygen atoms in total. The molecule has 0 unspecified atom stereocenters. The molecule has 0 aliphatic rings. The third-order valence-corrected chi connectivity index (χ3v) is 3.01. The van der Waals surface area contributed by atoms with E-state index in [0.717, 1.165) is 22.5 Å². The van der Waals surface area contributed by atoms with Crippen LogP contribution in [-0.4, -0.2) is 9.97 Å². The molecule has 0 amide bonds. The van der Waals surface area contributed by atoms with E-state index in [-0.39, 0.29) is 17.0 Å². The predicted molar refractivity (Wildman–Crippen MR) is 83.2 cm³/mol. The molecular weight excluding hydrogens is 316 g/mol. The van der Waals surface area contributed by atoms with Gasteiger partial charge in [0.2, 0.25) is 0 Å². The van der Waals surface area contributed by atoms with Crippen molar-refractivity contribution in [2.45, 2.75) is 11.5 Å². The van der Waals surface area contributed by atoms with Gasteiger partial charge >= 0.3 is 0 Å². The third-order valence-electron chi connectivity index (χ3n) is 2.28. The number of aromatic nitrogens is 2. The summed E-state index contributed by atoms with van der Waals surface area (Å²) >= 11 is 8.39. The molecule has 0 fully saturated rings. The van der Waals surface area contributed by atoms with E-state index >= 15 is 0 Å². The lowest BCUT2D eigenvalue weighted by Gasteiger charge is -2.02. The summed E-state index contributed by atoms with van der Waals surface area (Å²) < 4.78 is 0. The largest absolute Gasteiger partial charge is 0.254 e. The molecule has 0 aliphatic carbocycles. The van der Waals surface area contributed by atoms with Crippen LogP contribution in [0.1, 0.15) is 11.1 Å². The maximum atomic E-state index is 4.34. The van der Waals surface area contributed by atoms with Crippen molar-refractivity contribution in [1.29, 1.82) is 0 Å². The number of hydrogen-bond acceptors (Lipinski definition) is 4. The van der Waals surface area contributed by atoms with Gasteiger partial charge in [0.15, 0.2) is 0 Å². The van der Waals surface area contributed by atoms with Gasteiger partial charge in [-0.3, -0.25) is 9.97 Å². The van der Waals surface area contributed by atoms with E-state index in [1.54, 1.807) is 0 Å². The summed E-state index contributed by atoms with van der Waals surface area (Å²) in [7, 11) is 0. The Hall–Kier alpha value is -0.520. The molecule has 90 valence electrons. The zero-order valence-corrected chi connectivity index (χ0v) is 12.6. The molecule has 0 spiro atoms. The van der Waals surface area contributed by atoms with Crippen molar-refractivity contribution in [2.75, 3.05) is 0 Å². The topological polar surface area (TPSA) is 25.8 Å². The SMILES string of the molecule is Br.SCc1ccc(-c2ccc(CS)cn2)nc1. The monoisotopic (exact) mass is 328 g/mol. The van der Waals surface area contributed by atoms with Crippen LogP contribution in [0.15, 0.2) is 36.7 Å². The maximum Gasteiger partial charge on any atom is 0.0886 e. The fraction of sp³-hybridized carbons (Fsp3) is 0.167. The highest BCUT2D eigenvalue weighted by Gasteiger charge is 2.00. The van der Waals surface area contributed by atoms with Gasteiger partial charge in [0.05, 0.1) is 11.4 Å². The number of thiol groups is 2. The van der Waals surface area contributed by atoms with Gasteiger partial charge in [0, 0.05) is 23.9 Å². The van der Waals surface area contributed by atoms with Crippen molar-refractivity contribution in [2.24, 2.45) is 0 Å². The van der Waals surface area contributed by atoms with Gasteiger partial charge in [-0.2, -0.15) is 25.3 Å². The standard InChI is InChI=1S/C12H12N2S2.BrH/c15-7-9-1-3-11(13-5-9)12-4-2-10(8-16)6-14-12;/h1-6,15-16H,7-8H2;1H. The number of nitrogens with zero attached hydrogens (tertiary/aromatic N) is 2. The molecule has 0 saturated heterocycles. The van der Waals surface area contributed by atoms with Crippen molar-refractivity contribution in [3.05, 3.63) is 47.8 Å². The van der Waals surface area contributed by atoms with Crippen molar-refractivity contribution in [1.82, 2.24) is 9.97 Å². The summed E-state index contributed by atoms with van der Waals surface area (Å²) in [4.78, 5) is 8.69. The second-order valence-corrected chi connectivity index (χ2v) is 4.05. The highest BCUT2D eigenvalue weighted by molar-refractivity contribution is 8.93. The lowest BCUT2D eigenvalue weighted by atomic mass is 10.2. The Bertz CT molecular complexity index is 411. The number of pyridine rings is 2. The zero-order valence-electron chi connectivity index (χ0n) is 9.08. The summed E-state index contributed by atoms with van der Waals surface area (Å²) in [6.07, 6.45) is 3.66. The van der Waals surface area contributed by atoms with E-state index in [0.29, 0.717) is 11.5 Å². The van der Waals surface area contributed by atoms with Crippen LogP contribution >= 0.6 is 42.2 Å². The second-order valence-electron chi connectivity index (χ2n) is 3.42. The van der Waals surface area contributed by atoms with Crippen molar-refractivity contribution in [3.8, 4) is 11.4 Å². The van der Waals surface area contributed by atoms with Crippen LogP contribution in [0.3, 0.4) is 0 Å². The molecule has 0 saturated carbocycles. The molecule has 0 N–H and O–H groups in total. The van der Waals surface area contributed by atoms with E-state index < -0.39 is 0 Å². The van der Waals surface area contributed by atoms with Gasteiger partial charge in [-0.15, -0.1) is 17.0 Å². The lowest BCUT2D eigenvalue weighted by Crippen LogP contribution is -1.89. The average molecular weight is 329 g/mol. The quantitative estimate of drug-likeness (QED) is 0.842. The summed E-state index contributed by atoms with van der Waals surface area (Å²) in [6.45, 7) is 0. The Balaban J connectivity index is 0.00000144. The molecule has 0 bridgehead atoms. The molecule has 2 aromatic rings. The molecule has 2 heterocycles. The summed E-state index contributed by atoms with van der Waals surface area (Å²) in [5, 5.41) is 0. The normalized spacial score (nSPS) is 9.76. The lowest BCUT2D eigenvalue weighted by molar-refractivity contribution is 1.20. The van der Waals surface area contributed by atoms with Crippen LogP contribution < -0.4 is 0 Å². The summed E-state index contributed by atoms with van der Waals surface area (Å²) in [5.74, 6) is 1.42. The first-order chi connectivity index (χ1) is 7.83. The van der Waals surface area contributed by atoms with Gasteiger partial charge in [-0.1, -0.05) is 12.1 Å². The number of hydrogen-bond donors (Lipinski definition) is 2. The zero-order chi connectivity index (χ0) is 11.4. The third kappa shape index (κ3) is 3.72. The Morgan fingerprint density at radius 3 is 1.41 bits per heavy atom. The fourth-order valence-corrected chi connectivity index (χ4v) is 1.71. The molecule has 0 aliphatic heterocycles. The van der Waals surface area contributed by atoms with Gasteiger partial charge in [0.1, 0.15) is 0 Å². The fourth-order valence-electron chi connectivity index (χ4n) is 1.34. The van der Waals surface area contributed by atoms with Crippen LogP contribution in [0.5, 0.6) is 0 Å². The van der Waals surface area contributed by atoms with Crippen molar-refractivity contribution in [3.63, 3.8) is 0 Å². The molecule has 5 heteroatoms.